The van der Waals surface area contributed by atoms with Gasteiger partial charge < -0.3 is 10.2 Å². The molecule has 0 radical (unpaired) electrons. The van der Waals surface area contributed by atoms with Gasteiger partial charge in [0, 0.05) is 26.2 Å². The number of likely N-dealkylation sites (tertiary alicyclic amines) is 1. The molecule has 2 saturated heterocycles. The maximum atomic E-state index is 12.4. The number of amides is 3. The Bertz CT molecular complexity index is 435. The van der Waals surface area contributed by atoms with Crippen molar-refractivity contribution in [2.45, 2.75) is 26.2 Å². The van der Waals surface area contributed by atoms with Gasteiger partial charge in [-0.3, -0.25) is 19.3 Å². The second-order valence-corrected chi connectivity index (χ2v) is 6.35. The van der Waals surface area contributed by atoms with Crippen LogP contribution in [-0.2, 0) is 14.4 Å². The third kappa shape index (κ3) is 2.57. The quantitative estimate of drug-likeness (QED) is 0.734. The zero-order valence-corrected chi connectivity index (χ0v) is 12.5. The Morgan fingerprint density at radius 1 is 1.14 bits per heavy atom. The lowest BCUT2D eigenvalue weighted by Crippen LogP contribution is -2.50. The number of piperazine rings is 1. The van der Waals surface area contributed by atoms with Gasteiger partial charge in [-0.05, 0) is 18.8 Å². The number of carbonyl (C=O) groups is 3. The van der Waals surface area contributed by atoms with Crippen LogP contribution in [0.1, 0.15) is 26.2 Å². The fourth-order valence-electron chi connectivity index (χ4n) is 3.84. The van der Waals surface area contributed by atoms with Crippen LogP contribution >= 0.6 is 0 Å². The molecule has 2 heterocycles. The molecular weight excluding hydrogens is 270 g/mol. The van der Waals surface area contributed by atoms with Gasteiger partial charge in [-0.2, -0.15) is 0 Å². The fraction of sp³-hybridized carbons (Fsp3) is 0.800. The zero-order chi connectivity index (χ0) is 15.0. The van der Waals surface area contributed by atoms with Crippen molar-refractivity contribution < 1.29 is 14.4 Å². The van der Waals surface area contributed by atoms with Crippen LogP contribution in [0.15, 0.2) is 0 Å². The Balaban J connectivity index is 1.63. The molecule has 0 aromatic carbocycles. The average molecular weight is 293 g/mol. The van der Waals surface area contributed by atoms with E-state index in [-0.39, 0.29) is 36.1 Å². The Kier molecular flexibility index (Phi) is 3.97. The van der Waals surface area contributed by atoms with Gasteiger partial charge in [0.1, 0.15) is 6.54 Å². The Labute approximate surface area is 124 Å². The van der Waals surface area contributed by atoms with Crippen LogP contribution in [-0.4, -0.2) is 60.2 Å². The van der Waals surface area contributed by atoms with Crippen molar-refractivity contribution >= 4 is 17.7 Å². The number of imide groups is 1. The van der Waals surface area contributed by atoms with Gasteiger partial charge in [0.15, 0.2) is 0 Å². The Morgan fingerprint density at radius 2 is 1.71 bits per heavy atom. The summed E-state index contributed by atoms with van der Waals surface area (Å²) >= 11 is 0. The molecule has 0 spiro atoms. The van der Waals surface area contributed by atoms with Crippen molar-refractivity contribution in [3.8, 4) is 0 Å². The largest absolute Gasteiger partial charge is 0.339 e. The summed E-state index contributed by atoms with van der Waals surface area (Å²) in [5, 5.41) is 3.18. The first-order chi connectivity index (χ1) is 10.1. The van der Waals surface area contributed by atoms with Gasteiger partial charge in [0.25, 0.3) is 0 Å². The molecule has 3 aliphatic rings. The maximum absolute atomic E-state index is 12.4. The minimum atomic E-state index is -0.168. The monoisotopic (exact) mass is 293 g/mol. The van der Waals surface area contributed by atoms with Crippen molar-refractivity contribution in [3.05, 3.63) is 0 Å². The summed E-state index contributed by atoms with van der Waals surface area (Å²) in [6, 6.07) is 0. The van der Waals surface area contributed by atoms with Crippen molar-refractivity contribution in [2.75, 3.05) is 32.7 Å². The van der Waals surface area contributed by atoms with E-state index >= 15 is 0 Å². The minimum absolute atomic E-state index is 0.0680. The van der Waals surface area contributed by atoms with Crippen LogP contribution in [0.2, 0.25) is 0 Å². The van der Waals surface area contributed by atoms with Crippen LogP contribution < -0.4 is 5.32 Å². The second-order valence-electron chi connectivity index (χ2n) is 6.35. The molecule has 1 aliphatic carbocycles. The van der Waals surface area contributed by atoms with Crippen molar-refractivity contribution in [3.63, 3.8) is 0 Å². The molecule has 0 aromatic heterocycles. The van der Waals surface area contributed by atoms with E-state index in [0.717, 1.165) is 32.4 Å². The van der Waals surface area contributed by atoms with Crippen LogP contribution in [0.3, 0.4) is 0 Å². The number of rotatable bonds is 3. The summed E-state index contributed by atoms with van der Waals surface area (Å²) in [5.74, 6) is -0.199. The highest BCUT2D eigenvalue weighted by Gasteiger charge is 2.52. The van der Waals surface area contributed by atoms with Crippen LogP contribution in [0.5, 0.6) is 0 Å². The molecule has 0 bridgehead atoms. The summed E-state index contributed by atoms with van der Waals surface area (Å²) in [4.78, 5) is 40.0. The van der Waals surface area contributed by atoms with E-state index < -0.39 is 0 Å². The lowest BCUT2D eigenvalue weighted by Gasteiger charge is -2.29. The number of nitrogens with zero attached hydrogens (tertiary/aromatic N) is 2. The predicted octanol–water partition coefficient (Wildman–Crippen LogP) is -0.161. The first-order valence-corrected chi connectivity index (χ1v) is 7.95. The van der Waals surface area contributed by atoms with E-state index in [1.807, 2.05) is 0 Å². The number of fused-ring (bicyclic) bond motifs is 1. The molecule has 2 atom stereocenters. The highest BCUT2D eigenvalue weighted by molar-refractivity contribution is 6.07. The number of hydrogen-bond donors (Lipinski definition) is 1. The highest BCUT2D eigenvalue weighted by atomic mass is 16.2. The highest BCUT2D eigenvalue weighted by Crippen LogP contribution is 2.44. The molecule has 6 nitrogen and oxygen atoms in total. The minimum Gasteiger partial charge on any atom is -0.339 e. The lowest BCUT2D eigenvalue weighted by atomic mass is 10.00. The molecular formula is C15H23N3O3. The fourth-order valence-corrected chi connectivity index (χ4v) is 3.84. The third-order valence-electron chi connectivity index (χ3n) is 5.17. The van der Waals surface area contributed by atoms with E-state index in [1.54, 1.807) is 4.90 Å². The zero-order valence-electron chi connectivity index (χ0n) is 12.5. The summed E-state index contributed by atoms with van der Waals surface area (Å²) in [6.45, 7) is 4.89. The molecule has 2 unspecified atom stereocenters. The molecule has 0 aromatic rings. The maximum Gasteiger partial charge on any atom is 0.242 e. The average Bonchev–Trinajstić information content (AvgIpc) is 3.03. The second kappa shape index (κ2) is 5.75. The normalized spacial score (nSPS) is 32.7. The summed E-state index contributed by atoms with van der Waals surface area (Å²) in [6.07, 6.45) is 2.64. The van der Waals surface area contributed by atoms with Gasteiger partial charge in [0.05, 0.1) is 11.8 Å². The Hall–Kier alpha value is -1.43. The summed E-state index contributed by atoms with van der Waals surface area (Å²) in [5.41, 5.74) is 0. The lowest BCUT2D eigenvalue weighted by molar-refractivity contribution is -0.147. The molecule has 3 amide bonds. The van der Waals surface area contributed by atoms with Gasteiger partial charge in [-0.25, -0.2) is 0 Å². The summed E-state index contributed by atoms with van der Waals surface area (Å²) in [7, 11) is 0. The predicted molar refractivity (Wildman–Crippen MR) is 76.2 cm³/mol. The van der Waals surface area contributed by atoms with E-state index in [1.165, 1.54) is 4.90 Å². The van der Waals surface area contributed by atoms with Crippen molar-refractivity contribution in [2.24, 2.45) is 17.8 Å². The third-order valence-corrected chi connectivity index (χ3v) is 5.17. The molecule has 1 N–H and O–H groups in total. The number of carbonyl (C=O) groups excluding carboxylic acids is 3. The van der Waals surface area contributed by atoms with Crippen LogP contribution in [0, 0.1) is 17.8 Å². The molecule has 1 saturated carbocycles. The molecule has 6 heteroatoms. The van der Waals surface area contributed by atoms with Crippen LogP contribution in [0.4, 0.5) is 0 Å². The SMILES string of the molecule is CCC1CC2C(=O)N(CC(=O)N3CCNCC3)C(=O)C2C1. The van der Waals surface area contributed by atoms with E-state index in [2.05, 4.69) is 12.2 Å². The van der Waals surface area contributed by atoms with E-state index in [4.69, 9.17) is 0 Å². The summed E-state index contributed by atoms with van der Waals surface area (Å²) < 4.78 is 0. The first-order valence-electron chi connectivity index (χ1n) is 7.95. The van der Waals surface area contributed by atoms with Crippen LogP contribution in [0.25, 0.3) is 0 Å². The smallest absolute Gasteiger partial charge is 0.242 e. The van der Waals surface area contributed by atoms with Gasteiger partial charge >= 0.3 is 0 Å². The first kappa shape index (κ1) is 14.5. The van der Waals surface area contributed by atoms with E-state index in [0.29, 0.717) is 19.0 Å². The molecule has 2 aliphatic heterocycles. The van der Waals surface area contributed by atoms with Crippen molar-refractivity contribution in [1.82, 2.24) is 15.1 Å². The van der Waals surface area contributed by atoms with Crippen molar-refractivity contribution in [1.29, 1.82) is 0 Å². The van der Waals surface area contributed by atoms with Gasteiger partial charge in [0.2, 0.25) is 17.7 Å². The topological polar surface area (TPSA) is 69.7 Å². The molecule has 116 valence electrons. The van der Waals surface area contributed by atoms with E-state index in [9.17, 15) is 14.4 Å². The molecule has 3 rings (SSSR count). The van der Waals surface area contributed by atoms with Gasteiger partial charge in [-0.1, -0.05) is 13.3 Å². The van der Waals surface area contributed by atoms with Gasteiger partial charge in [-0.15, -0.1) is 0 Å². The molecule has 3 fully saturated rings. The number of nitrogens with one attached hydrogen (secondary N) is 1. The number of hydrogen-bond acceptors (Lipinski definition) is 4. The standard InChI is InChI=1S/C15H23N3O3/c1-2-10-7-11-12(8-10)15(21)18(14(11)20)9-13(19)17-5-3-16-4-6-17/h10-12,16H,2-9H2,1H3. The molecule has 21 heavy (non-hydrogen) atoms. The Morgan fingerprint density at radius 3 is 2.24 bits per heavy atom.